The van der Waals surface area contributed by atoms with Crippen LogP contribution in [-0.4, -0.2) is 24.0 Å². The van der Waals surface area contributed by atoms with Crippen LogP contribution >= 0.6 is 27.5 Å². The van der Waals surface area contributed by atoms with Gasteiger partial charge in [0.15, 0.2) is 0 Å². The molecule has 1 aromatic rings. The molecule has 0 bridgehead atoms. The molecule has 0 aromatic heterocycles. The van der Waals surface area contributed by atoms with Gasteiger partial charge in [-0.15, -0.1) is 0 Å². The van der Waals surface area contributed by atoms with Crippen LogP contribution in [-0.2, 0) is 0 Å². The van der Waals surface area contributed by atoms with Crippen molar-refractivity contribution < 1.29 is 0 Å². The molecule has 1 rings (SSSR count). The molecule has 17 heavy (non-hydrogen) atoms. The molecule has 0 aliphatic heterocycles. The minimum Gasteiger partial charge on any atom is -0.329 e. The number of halogens is 2. The van der Waals surface area contributed by atoms with Crippen LogP contribution in [0.4, 0.5) is 0 Å². The first-order chi connectivity index (χ1) is 8.01. The van der Waals surface area contributed by atoms with Crippen molar-refractivity contribution in [1.29, 1.82) is 0 Å². The molecule has 1 unspecified atom stereocenters. The van der Waals surface area contributed by atoms with Crippen LogP contribution in [0.25, 0.3) is 0 Å². The Morgan fingerprint density at radius 2 is 2.06 bits per heavy atom. The van der Waals surface area contributed by atoms with Crippen LogP contribution in [0.1, 0.15) is 32.4 Å². The summed E-state index contributed by atoms with van der Waals surface area (Å²) in [6.45, 7) is 8.08. The number of likely N-dealkylation sites (N-methyl/N-ethyl adjacent to an activating group) is 1. The van der Waals surface area contributed by atoms with E-state index in [1.807, 2.05) is 18.2 Å². The summed E-state index contributed by atoms with van der Waals surface area (Å²) in [6, 6.07) is 6.52. The average molecular weight is 320 g/mol. The van der Waals surface area contributed by atoms with E-state index in [9.17, 15) is 0 Å². The lowest BCUT2D eigenvalue weighted by Crippen LogP contribution is -2.38. The Bertz CT molecular complexity index is 368. The van der Waals surface area contributed by atoms with Gasteiger partial charge < -0.3 is 5.73 Å². The van der Waals surface area contributed by atoms with Crippen molar-refractivity contribution in [3.8, 4) is 0 Å². The van der Waals surface area contributed by atoms with E-state index in [0.717, 1.165) is 21.6 Å². The van der Waals surface area contributed by atoms with Crippen LogP contribution in [0.5, 0.6) is 0 Å². The van der Waals surface area contributed by atoms with Gasteiger partial charge in [0.25, 0.3) is 0 Å². The lowest BCUT2D eigenvalue weighted by atomic mass is 10.0. The lowest BCUT2D eigenvalue weighted by Gasteiger charge is -2.34. The monoisotopic (exact) mass is 318 g/mol. The lowest BCUT2D eigenvalue weighted by molar-refractivity contribution is 0.166. The molecule has 0 amide bonds. The van der Waals surface area contributed by atoms with Gasteiger partial charge in [-0.1, -0.05) is 34.5 Å². The van der Waals surface area contributed by atoms with Crippen molar-refractivity contribution in [2.45, 2.75) is 32.9 Å². The zero-order valence-electron chi connectivity index (χ0n) is 10.6. The van der Waals surface area contributed by atoms with Gasteiger partial charge in [0.1, 0.15) is 0 Å². The van der Waals surface area contributed by atoms with Gasteiger partial charge in [0, 0.05) is 28.1 Å². The first-order valence-corrected chi connectivity index (χ1v) is 7.09. The minimum absolute atomic E-state index is 0.202. The highest BCUT2D eigenvalue weighted by atomic mass is 79.9. The molecule has 0 saturated carbocycles. The van der Waals surface area contributed by atoms with E-state index >= 15 is 0 Å². The normalized spacial score (nSPS) is 13.4. The molecule has 0 heterocycles. The van der Waals surface area contributed by atoms with Crippen molar-refractivity contribution in [3.05, 3.63) is 33.3 Å². The molecular weight excluding hydrogens is 300 g/mol. The van der Waals surface area contributed by atoms with Crippen LogP contribution in [0.2, 0.25) is 5.02 Å². The van der Waals surface area contributed by atoms with E-state index in [-0.39, 0.29) is 6.04 Å². The fraction of sp³-hybridized carbons (Fsp3) is 0.538. The maximum absolute atomic E-state index is 6.07. The van der Waals surface area contributed by atoms with Gasteiger partial charge in [0.2, 0.25) is 0 Å². The Balaban J connectivity index is 3.11. The summed E-state index contributed by atoms with van der Waals surface area (Å²) >= 11 is 9.64. The first-order valence-electron chi connectivity index (χ1n) is 5.92. The van der Waals surface area contributed by atoms with Crippen LogP contribution < -0.4 is 5.73 Å². The predicted molar refractivity (Wildman–Crippen MR) is 78.5 cm³/mol. The zero-order valence-corrected chi connectivity index (χ0v) is 12.9. The number of hydrogen-bond acceptors (Lipinski definition) is 2. The van der Waals surface area contributed by atoms with E-state index < -0.39 is 0 Å². The summed E-state index contributed by atoms with van der Waals surface area (Å²) in [7, 11) is 0. The van der Waals surface area contributed by atoms with E-state index in [0.29, 0.717) is 12.6 Å². The molecule has 0 saturated heterocycles. The first kappa shape index (κ1) is 15.0. The van der Waals surface area contributed by atoms with Crippen LogP contribution in [0.15, 0.2) is 22.7 Å². The Morgan fingerprint density at radius 1 is 1.41 bits per heavy atom. The highest BCUT2D eigenvalue weighted by Crippen LogP contribution is 2.30. The molecule has 0 fully saturated rings. The van der Waals surface area contributed by atoms with Gasteiger partial charge in [-0.2, -0.15) is 0 Å². The minimum atomic E-state index is 0.202. The molecule has 2 nitrogen and oxygen atoms in total. The Kier molecular flexibility index (Phi) is 5.93. The number of nitrogens with two attached hydrogens (primary N) is 1. The molecule has 2 N–H and O–H groups in total. The van der Waals surface area contributed by atoms with Gasteiger partial charge in [-0.05, 0) is 44.2 Å². The second-order valence-corrected chi connectivity index (χ2v) is 5.63. The molecule has 96 valence electrons. The molecule has 0 spiro atoms. The fourth-order valence-electron chi connectivity index (χ4n) is 2.16. The number of rotatable bonds is 5. The molecule has 1 atom stereocenters. The van der Waals surface area contributed by atoms with Gasteiger partial charge >= 0.3 is 0 Å². The Labute approximate surface area is 117 Å². The van der Waals surface area contributed by atoms with Crippen molar-refractivity contribution in [2.24, 2.45) is 5.73 Å². The van der Waals surface area contributed by atoms with E-state index in [1.54, 1.807) is 0 Å². The van der Waals surface area contributed by atoms with Crippen molar-refractivity contribution in [1.82, 2.24) is 4.90 Å². The highest BCUT2D eigenvalue weighted by molar-refractivity contribution is 9.10. The molecule has 0 aliphatic rings. The van der Waals surface area contributed by atoms with Gasteiger partial charge in [0.05, 0.1) is 0 Å². The SMILES string of the molecule is CCN(C(C)C)C(CN)c1cc(Cl)ccc1Br. The van der Waals surface area contributed by atoms with Crippen LogP contribution in [0.3, 0.4) is 0 Å². The van der Waals surface area contributed by atoms with Gasteiger partial charge in [-0.3, -0.25) is 4.90 Å². The highest BCUT2D eigenvalue weighted by Gasteiger charge is 2.22. The molecular formula is C13H20BrClN2. The summed E-state index contributed by atoms with van der Waals surface area (Å²) < 4.78 is 1.07. The smallest absolute Gasteiger partial charge is 0.0484 e. The quantitative estimate of drug-likeness (QED) is 0.893. The topological polar surface area (TPSA) is 29.3 Å². The standard InChI is InChI=1S/C13H20BrClN2/c1-4-17(9(2)3)13(8-16)11-7-10(15)5-6-12(11)14/h5-7,9,13H,4,8,16H2,1-3H3. The zero-order chi connectivity index (χ0) is 13.0. The van der Waals surface area contributed by atoms with E-state index in [1.165, 1.54) is 0 Å². The van der Waals surface area contributed by atoms with Crippen molar-refractivity contribution in [3.63, 3.8) is 0 Å². The van der Waals surface area contributed by atoms with Crippen LogP contribution in [0, 0.1) is 0 Å². The maximum Gasteiger partial charge on any atom is 0.0484 e. The summed E-state index contributed by atoms with van der Waals surface area (Å²) in [6.07, 6.45) is 0. The van der Waals surface area contributed by atoms with Gasteiger partial charge in [-0.25, -0.2) is 0 Å². The number of hydrogen-bond donors (Lipinski definition) is 1. The number of nitrogens with zero attached hydrogens (tertiary/aromatic N) is 1. The third-order valence-corrected chi connectivity index (χ3v) is 3.93. The largest absolute Gasteiger partial charge is 0.329 e. The van der Waals surface area contributed by atoms with E-state index in [4.69, 9.17) is 17.3 Å². The van der Waals surface area contributed by atoms with Crippen molar-refractivity contribution >= 4 is 27.5 Å². The molecule has 0 radical (unpaired) electrons. The Morgan fingerprint density at radius 3 is 2.53 bits per heavy atom. The summed E-state index contributed by atoms with van der Waals surface area (Å²) in [4.78, 5) is 2.37. The number of benzene rings is 1. The second kappa shape index (κ2) is 6.74. The third-order valence-electron chi connectivity index (χ3n) is 2.97. The molecule has 1 aromatic carbocycles. The maximum atomic E-state index is 6.07. The summed E-state index contributed by atoms with van der Waals surface area (Å²) in [5.74, 6) is 0. The average Bonchev–Trinajstić information content (AvgIpc) is 2.28. The second-order valence-electron chi connectivity index (χ2n) is 4.34. The molecule has 4 heteroatoms. The molecule has 0 aliphatic carbocycles. The third kappa shape index (κ3) is 3.68. The fourth-order valence-corrected chi connectivity index (χ4v) is 2.85. The summed E-state index contributed by atoms with van der Waals surface area (Å²) in [5, 5.41) is 0.751. The predicted octanol–water partition coefficient (Wildman–Crippen LogP) is 3.83. The van der Waals surface area contributed by atoms with Crippen molar-refractivity contribution in [2.75, 3.05) is 13.1 Å². The summed E-state index contributed by atoms with van der Waals surface area (Å²) in [5.41, 5.74) is 7.09. The Hall–Kier alpha value is -0.0900. The van der Waals surface area contributed by atoms with E-state index in [2.05, 4.69) is 41.6 Å².